The molecule has 0 spiro atoms. The van der Waals surface area contributed by atoms with Crippen LogP contribution in [0.15, 0.2) is 0 Å². The highest BCUT2D eigenvalue weighted by atomic mass is 31.2. The van der Waals surface area contributed by atoms with E-state index in [-0.39, 0.29) is 6.29 Å². The highest BCUT2D eigenvalue weighted by molar-refractivity contribution is 7.59. The van der Waals surface area contributed by atoms with Gasteiger partial charge in [-0.25, -0.2) is 0 Å². The molecule has 0 heterocycles. The second-order valence-corrected chi connectivity index (χ2v) is 6.16. The highest BCUT2D eigenvalue weighted by Gasteiger charge is 2.32. The van der Waals surface area contributed by atoms with Crippen molar-refractivity contribution in [2.75, 3.05) is 6.29 Å². The molecule has 0 saturated heterocycles. The summed E-state index contributed by atoms with van der Waals surface area (Å²) < 4.78 is 11.0. The van der Waals surface area contributed by atoms with Crippen molar-refractivity contribution >= 4 is 7.37 Å². The molecule has 0 rings (SSSR count). The van der Waals surface area contributed by atoms with Gasteiger partial charge in [-0.1, -0.05) is 20.8 Å². The zero-order valence-corrected chi connectivity index (χ0v) is 6.98. The van der Waals surface area contributed by atoms with E-state index in [0.717, 1.165) is 0 Å². The largest absolute Gasteiger partial charge is 0.343 e. The predicted octanol–water partition coefficient (Wildman–Crippen LogP) is 0.972. The van der Waals surface area contributed by atoms with Crippen molar-refractivity contribution in [3.8, 4) is 0 Å². The van der Waals surface area contributed by atoms with E-state index in [1.807, 2.05) is 0 Å². The first kappa shape index (κ1) is 9.15. The molecule has 0 aliphatic carbocycles. The molecule has 0 aliphatic heterocycles. The molecule has 0 fully saturated rings. The Hall–Kier alpha value is 0.150. The fraction of sp³-hybridized carbons (Fsp3) is 1.00. The van der Waals surface area contributed by atoms with Gasteiger partial charge in [-0.05, 0) is 0 Å². The van der Waals surface area contributed by atoms with Crippen LogP contribution in [-0.2, 0) is 4.57 Å². The Morgan fingerprint density at radius 2 is 1.89 bits per heavy atom. The van der Waals surface area contributed by atoms with Gasteiger partial charge in [-0.2, -0.15) is 0 Å². The van der Waals surface area contributed by atoms with Crippen molar-refractivity contribution in [3.63, 3.8) is 0 Å². The normalized spacial score (nSPS) is 19.2. The molecule has 4 heteroatoms. The second-order valence-electron chi connectivity index (χ2n) is 3.05. The fourth-order valence-corrected chi connectivity index (χ4v) is 0.822. The molecule has 3 nitrogen and oxygen atoms in total. The smallest absolute Gasteiger partial charge is 0.218 e. The van der Waals surface area contributed by atoms with E-state index >= 15 is 0 Å². The summed E-state index contributed by atoms with van der Waals surface area (Å²) in [6.07, 6.45) is -0.128. The van der Waals surface area contributed by atoms with E-state index in [0.29, 0.717) is 0 Å². The lowest BCUT2D eigenvalue weighted by Crippen LogP contribution is -2.19. The summed E-state index contributed by atoms with van der Waals surface area (Å²) in [5, 5.41) is -0.568. The minimum atomic E-state index is -3.08. The summed E-state index contributed by atoms with van der Waals surface area (Å²) >= 11 is 0. The van der Waals surface area contributed by atoms with Gasteiger partial charge in [-0.15, -0.1) is 0 Å². The molecule has 0 amide bonds. The third-order valence-corrected chi connectivity index (χ3v) is 3.89. The molecule has 1 unspecified atom stereocenters. The Morgan fingerprint density at radius 1 is 1.56 bits per heavy atom. The van der Waals surface area contributed by atoms with Gasteiger partial charge in [0, 0.05) is 5.16 Å². The van der Waals surface area contributed by atoms with Gasteiger partial charge in [0.2, 0.25) is 7.37 Å². The topological polar surface area (TPSA) is 63.3 Å². The standard InChI is InChI=1S/C5H14NO2P/c1-5(2,3)9(7,8)4-6/h4,6H2,1-3H3,(H,7,8). The first-order valence-corrected chi connectivity index (χ1v) is 4.68. The molecular weight excluding hydrogens is 137 g/mol. The summed E-state index contributed by atoms with van der Waals surface area (Å²) in [5.41, 5.74) is 5.08. The molecule has 0 aromatic rings. The van der Waals surface area contributed by atoms with E-state index < -0.39 is 12.5 Å². The molecule has 0 aliphatic rings. The minimum absolute atomic E-state index is 0.128. The van der Waals surface area contributed by atoms with Crippen molar-refractivity contribution in [3.05, 3.63) is 0 Å². The molecule has 56 valence electrons. The molecular formula is C5H14NO2P. The van der Waals surface area contributed by atoms with Crippen LogP contribution in [0.4, 0.5) is 0 Å². The number of hydrogen-bond donors (Lipinski definition) is 2. The highest BCUT2D eigenvalue weighted by Crippen LogP contribution is 2.51. The van der Waals surface area contributed by atoms with E-state index in [2.05, 4.69) is 0 Å². The van der Waals surface area contributed by atoms with Crippen molar-refractivity contribution in [2.45, 2.75) is 25.9 Å². The summed E-state index contributed by atoms with van der Waals surface area (Å²) in [6, 6.07) is 0. The van der Waals surface area contributed by atoms with Crippen LogP contribution in [-0.4, -0.2) is 16.3 Å². The number of nitrogens with two attached hydrogens (primary N) is 1. The lowest BCUT2D eigenvalue weighted by molar-refractivity contribution is 0.445. The van der Waals surface area contributed by atoms with Gasteiger partial charge in [0.15, 0.2) is 0 Å². The Kier molecular flexibility index (Phi) is 2.45. The maximum atomic E-state index is 11.0. The molecule has 1 atom stereocenters. The maximum Gasteiger partial charge on any atom is 0.218 e. The first-order valence-electron chi connectivity index (χ1n) is 2.83. The zero-order chi connectivity index (χ0) is 7.71. The third-order valence-electron chi connectivity index (χ3n) is 1.30. The Balaban J connectivity index is 4.35. The number of hydrogen-bond acceptors (Lipinski definition) is 2. The zero-order valence-electron chi connectivity index (χ0n) is 6.09. The van der Waals surface area contributed by atoms with Crippen molar-refractivity contribution in [1.82, 2.24) is 0 Å². The van der Waals surface area contributed by atoms with Crippen molar-refractivity contribution in [2.24, 2.45) is 5.73 Å². The molecule has 0 bridgehead atoms. The molecule has 3 N–H and O–H groups in total. The van der Waals surface area contributed by atoms with Crippen LogP contribution in [0.2, 0.25) is 0 Å². The van der Waals surface area contributed by atoms with E-state index in [1.165, 1.54) is 0 Å². The van der Waals surface area contributed by atoms with Crippen molar-refractivity contribution < 1.29 is 9.46 Å². The summed E-state index contributed by atoms with van der Waals surface area (Å²) in [6.45, 7) is 5.13. The lowest BCUT2D eigenvalue weighted by atomic mass is 10.3. The predicted molar refractivity (Wildman–Crippen MR) is 38.6 cm³/mol. The van der Waals surface area contributed by atoms with Crippen molar-refractivity contribution in [1.29, 1.82) is 0 Å². The van der Waals surface area contributed by atoms with Gasteiger partial charge in [-0.3, -0.25) is 4.57 Å². The Labute approximate surface area is 55.7 Å². The van der Waals surface area contributed by atoms with Gasteiger partial charge < -0.3 is 10.6 Å². The van der Waals surface area contributed by atoms with E-state index in [1.54, 1.807) is 20.8 Å². The van der Waals surface area contributed by atoms with Crippen LogP contribution >= 0.6 is 7.37 Å². The van der Waals surface area contributed by atoms with Crippen LogP contribution in [0.5, 0.6) is 0 Å². The van der Waals surface area contributed by atoms with E-state index in [4.69, 9.17) is 10.6 Å². The average Bonchev–Trinajstić information content (AvgIpc) is 1.64. The van der Waals surface area contributed by atoms with Gasteiger partial charge >= 0.3 is 0 Å². The second kappa shape index (κ2) is 2.41. The van der Waals surface area contributed by atoms with Gasteiger partial charge in [0.25, 0.3) is 0 Å². The Morgan fingerprint density at radius 3 is 1.89 bits per heavy atom. The third kappa shape index (κ3) is 2.09. The van der Waals surface area contributed by atoms with E-state index in [9.17, 15) is 4.57 Å². The molecule has 0 saturated carbocycles. The lowest BCUT2D eigenvalue weighted by Gasteiger charge is -2.23. The van der Waals surface area contributed by atoms with Crippen LogP contribution in [0.1, 0.15) is 20.8 Å². The SMILES string of the molecule is CC(C)(C)P(=O)(O)CN. The van der Waals surface area contributed by atoms with Crippen LogP contribution in [0.25, 0.3) is 0 Å². The first-order chi connectivity index (χ1) is 3.81. The Bertz CT molecular complexity index is 138. The van der Waals surface area contributed by atoms with Gasteiger partial charge in [0.1, 0.15) is 0 Å². The molecule has 0 aromatic heterocycles. The molecule has 0 radical (unpaired) electrons. The summed E-state index contributed by atoms with van der Waals surface area (Å²) in [7, 11) is -3.08. The maximum absolute atomic E-state index is 11.0. The quantitative estimate of drug-likeness (QED) is 0.549. The van der Waals surface area contributed by atoms with Crippen LogP contribution in [0.3, 0.4) is 0 Å². The van der Waals surface area contributed by atoms with Gasteiger partial charge in [0.05, 0.1) is 6.29 Å². The van der Waals surface area contributed by atoms with Crippen LogP contribution < -0.4 is 5.73 Å². The van der Waals surface area contributed by atoms with Crippen LogP contribution in [0, 0.1) is 0 Å². The molecule has 9 heavy (non-hydrogen) atoms. The summed E-state index contributed by atoms with van der Waals surface area (Å²) in [4.78, 5) is 9.09. The number of rotatable bonds is 1. The fourth-order valence-electron chi connectivity index (χ4n) is 0.274. The summed E-state index contributed by atoms with van der Waals surface area (Å²) in [5.74, 6) is 0. The minimum Gasteiger partial charge on any atom is -0.343 e. The monoisotopic (exact) mass is 151 g/mol. The molecule has 0 aromatic carbocycles. The average molecular weight is 151 g/mol.